The zero-order valence-corrected chi connectivity index (χ0v) is 36.3. The molecule has 3 aliphatic rings. The number of hydrogen-bond acceptors (Lipinski definition) is 12. The third kappa shape index (κ3) is 11.5. The summed E-state index contributed by atoms with van der Waals surface area (Å²) in [6.45, 7) is 14.9. The maximum absolute atomic E-state index is 14.4. The van der Waals surface area contributed by atoms with Crippen LogP contribution in [0.3, 0.4) is 0 Å². The number of nitrogens with one attached hydrogen (secondary N) is 1. The van der Waals surface area contributed by atoms with Gasteiger partial charge in [0.05, 0.1) is 29.8 Å². The van der Waals surface area contributed by atoms with Gasteiger partial charge in [-0.05, 0) is 97.7 Å². The number of non-ortho nitro benzene ring substituents is 1. The molecule has 2 aromatic carbocycles. The highest BCUT2D eigenvalue weighted by Gasteiger charge is 2.65. The molecule has 2 aliphatic carbocycles. The Morgan fingerprint density at radius 2 is 1.80 bits per heavy atom. The van der Waals surface area contributed by atoms with E-state index in [1.807, 2.05) is 40.7 Å². The van der Waals surface area contributed by atoms with Crippen LogP contribution in [0, 0.1) is 33.3 Å². The van der Waals surface area contributed by atoms with Gasteiger partial charge in [-0.25, -0.2) is 9.59 Å². The number of oxime groups is 1. The largest absolute Gasteiger partial charge is 0.459 e. The van der Waals surface area contributed by atoms with Crippen LogP contribution in [0.15, 0.2) is 71.9 Å². The summed E-state index contributed by atoms with van der Waals surface area (Å²) in [5, 5.41) is 38.6. The first-order valence-corrected chi connectivity index (χ1v) is 21.6. The molecule has 6 atom stereocenters. The average Bonchev–Trinajstić information content (AvgIpc) is 3.23. The van der Waals surface area contributed by atoms with Gasteiger partial charge in [0.2, 0.25) is 5.79 Å². The van der Waals surface area contributed by atoms with Gasteiger partial charge < -0.3 is 39.3 Å². The minimum atomic E-state index is -1.49. The van der Waals surface area contributed by atoms with E-state index in [0.29, 0.717) is 55.1 Å². The van der Waals surface area contributed by atoms with Gasteiger partial charge in [-0.2, -0.15) is 0 Å². The Labute approximate surface area is 359 Å². The number of unbranched alkanes of at least 4 members (excludes halogenated alkanes) is 2. The number of fused-ring (bicyclic) bond motifs is 2. The van der Waals surface area contributed by atoms with Crippen LogP contribution in [-0.2, 0) is 20.9 Å². The van der Waals surface area contributed by atoms with Crippen molar-refractivity contribution in [1.29, 1.82) is 0 Å². The molecule has 2 amide bonds. The Morgan fingerprint density at radius 1 is 1.08 bits per heavy atom. The standard InChI is InChI=1S/C46H64N4O11/c1-7-22-49(44(54)57-30-45(4,5)6)40-28-38(48-59-29-31-16-18-33(19-17-31)50(55)56)36-26-32(14-10-12-23-51)35(15-11-13-24-52)41-37-27-34(60-43(53)47-9-3)20-21-39(37)61-46(40,42(36)41)58-25-8-2/h8,16-21,26-27,32,35,40-42,51-52H,2,7,9-15,22-25,28-30H2,1,3-6H3,(H,47,53)/t32-,35+,40-,41+,42+,46+/m0/s1. The summed E-state index contributed by atoms with van der Waals surface area (Å²) in [6, 6.07) is 10.6. The van der Waals surface area contributed by atoms with E-state index in [2.05, 4.69) is 18.0 Å². The second-order valence-electron chi connectivity index (χ2n) is 17.2. The maximum atomic E-state index is 14.4. The predicted octanol–water partition coefficient (Wildman–Crippen LogP) is 8.43. The van der Waals surface area contributed by atoms with Gasteiger partial charge in [0.1, 0.15) is 24.1 Å². The van der Waals surface area contributed by atoms with E-state index in [4.69, 9.17) is 28.9 Å². The van der Waals surface area contributed by atoms with Crippen LogP contribution in [0.5, 0.6) is 11.5 Å². The molecule has 15 nitrogen and oxygen atoms in total. The highest BCUT2D eigenvalue weighted by atomic mass is 16.7. The van der Waals surface area contributed by atoms with E-state index >= 15 is 0 Å². The summed E-state index contributed by atoms with van der Waals surface area (Å²) in [4.78, 5) is 45.8. The summed E-state index contributed by atoms with van der Waals surface area (Å²) < 4.78 is 26.0. The van der Waals surface area contributed by atoms with Crippen molar-refractivity contribution in [3.05, 3.63) is 88.0 Å². The molecule has 0 radical (unpaired) electrons. The molecule has 0 spiro atoms. The topological polar surface area (TPSA) is 192 Å². The number of allylic oxidation sites excluding steroid dienone is 1. The fourth-order valence-corrected chi connectivity index (χ4v) is 8.87. The molecule has 15 heteroatoms. The smallest absolute Gasteiger partial charge is 0.412 e. The molecule has 5 rings (SSSR count). The number of aliphatic hydroxyl groups excluding tert-OH is 2. The quantitative estimate of drug-likeness (QED) is 0.0473. The first-order chi connectivity index (χ1) is 29.3. The molecule has 0 saturated heterocycles. The SMILES string of the molecule is C=CCO[C@@]12Oc3ccc(OC(=O)NCC)cc3[C@H]3[C@H](CCCCO)[C@@H](CCCCO)C=C(C(=NOCc4ccc([N+](=O)[O-])cc4)C[C@@H]1N(CCC)C(=O)OCC(C)(C)C)[C@H]32. The van der Waals surface area contributed by atoms with Crippen molar-refractivity contribution < 1.29 is 48.5 Å². The third-order valence-corrected chi connectivity index (χ3v) is 11.4. The van der Waals surface area contributed by atoms with Gasteiger partial charge in [0, 0.05) is 56.3 Å². The molecule has 1 heterocycles. The number of aliphatic hydroxyl groups is 2. The number of nitro benzene ring substituents is 1. The summed E-state index contributed by atoms with van der Waals surface area (Å²) >= 11 is 0. The fraction of sp³-hybridized carbons (Fsp3) is 0.587. The maximum Gasteiger partial charge on any atom is 0.412 e. The molecule has 0 aromatic heterocycles. The van der Waals surface area contributed by atoms with E-state index in [9.17, 15) is 29.9 Å². The number of carbonyl (C=O) groups is 2. The highest BCUT2D eigenvalue weighted by molar-refractivity contribution is 6.03. The number of carbonyl (C=O) groups excluding carboxylic acids is 2. The lowest BCUT2D eigenvalue weighted by Gasteiger charge is -2.60. The number of benzene rings is 2. The summed E-state index contributed by atoms with van der Waals surface area (Å²) in [5.74, 6) is -1.60. The number of rotatable bonds is 21. The third-order valence-electron chi connectivity index (χ3n) is 11.4. The number of amides is 2. The van der Waals surface area contributed by atoms with Gasteiger partial charge in [-0.1, -0.05) is 57.8 Å². The van der Waals surface area contributed by atoms with Crippen LogP contribution in [0.2, 0.25) is 0 Å². The summed E-state index contributed by atoms with van der Waals surface area (Å²) in [6.07, 6.45) is 7.77. The van der Waals surface area contributed by atoms with Crippen LogP contribution in [-0.4, -0.2) is 89.3 Å². The molecular weight excluding hydrogens is 785 g/mol. The number of nitro groups is 1. The van der Waals surface area contributed by atoms with Crippen LogP contribution in [0.4, 0.5) is 15.3 Å². The molecule has 1 fully saturated rings. The zero-order valence-electron chi connectivity index (χ0n) is 36.3. The first kappa shape index (κ1) is 47.1. The second kappa shape index (κ2) is 21.7. The summed E-state index contributed by atoms with van der Waals surface area (Å²) in [5.41, 5.74) is 2.57. The van der Waals surface area contributed by atoms with E-state index < -0.39 is 34.9 Å². The number of nitrogens with zero attached hydrogens (tertiary/aromatic N) is 3. The molecule has 2 aromatic rings. The Balaban J connectivity index is 1.75. The van der Waals surface area contributed by atoms with Gasteiger partial charge in [0.15, 0.2) is 0 Å². The van der Waals surface area contributed by atoms with Gasteiger partial charge in [-0.3, -0.25) is 15.0 Å². The molecule has 3 N–H and O–H groups in total. The van der Waals surface area contributed by atoms with Crippen molar-refractivity contribution in [1.82, 2.24) is 10.2 Å². The van der Waals surface area contributed by atoms with E-state index in [1.165, 1.54) is 12.1 Å². The van der Waals surface area contributed by atoms with Crippen molar-refractivity contribution >= 4 is 23.6 Å². The van der Waals surface area contributed by atoms with Crippen molar-refractivity contribution in [2.45, 2.75) is 110 Å². The Bertz CT molecular complexity index is 1880. The lowest BCUT2D eigenvalue weighted by Crippen LogP contribution is -2.70. The Morgan fingerprint density at radius 3 is 2.44 bits per heavy atom. The fourth-order valence-electron chi connectivity index (χ4n) is 8.87. The molecule has 0 unspecified atom stereocenters. The van der Waals surface area contributed by atoms with Crippen molar-refractivity contribution in [3.8, 4) is 11.5 Å². The molecule has 1 aliphatic heterocycles. The Hall–Kier alpha value is -4.99. The monoisotopic (exact) mass is 848 g/mol. The average molecular weight is 849 g/mol. The molecule has 334 valence electrons. The molecule has 61 heavy (non-hydrogen) atoms. The van der Waals surface area contributed by atoms with E-state index in [1.54, 1.807) is 35.2 Å². The first-order valence-electron chi connectivity index (χ1n) is 21.6. The van der Waals surface area contributed by atoms with Crippen LogP contribution in [0.1, 0.15) is 103 Å². The van der Waals surface area contributed by atoms with Gasteiger partial charge in [0.25, 0.3) is 5.69 Å². The van der Waals surface area contributed by atoms with Crippen molar-refractivity contribution in [2.75, 3.05) is 39.5 Å². The van der Waals surface area contributed by atoms with Gasteiger partial charge >= 0.3 is 12.2 Å². The molecular formula is C46H64N4O11. The number of ether oxygens (including phenoxy) is 4. The minimum Gasteiger partial charge on any atom is -0.459 e. The zero-order chi connectivity index (χ0) is 44.2. The van der Waals surface area contributed by atoms with Crippen molar-refractivity contribution in [2.24, 2.45) is 28.3 Å². The van der Waals surface area contributed by atoms with Crippen LogP contribution in [0.25, 0.3) is 0 Å². The lowest BCUT2D eigenvalue weighted by atomic mass is 9.55. The normalized spacial score (nSPS) is 23.4. The van der Waals surface area contributed by atoms with Gasteiger partial charge in [-0.15, -0.1) is 6.58 Å². The summed E-state index contributed by atoms with van der Waals surface area (Å²) in [7, 11) is 0. The van der Waals surface area contributed by atoms with E-state index in [0.717, 1.165) is 36.8 Å². The minimum absolute atomic E-state index is 0.0163. The molecule has 0 bridgehead atoms. The lowest BCUT2D eigenvalue weighted by molar-refractivity contribution is -0.384. The molecule has 1 saturated carbocycles. The predicted molar refractivity (Wildman–Crippen MR) is 230 cm³/mol. The van der Waals surface area contributed by atoms with E-state index in [-0.39, 0.29) is 68.3 Å². The van der Waals surface area contributed by atoms with Crippen molar-refractivity contribution in [3.63, 3.8) is 0 Å². The van der Waals surface area contributed by atoms with Crippen LogP contribution < -0.4 is 14.8 Å². The Kier molecular flexibility index (Phi) is 16.7. The second-order valence-corrected chi connectivity index (χ2v) is 17.2. The highest BCUT2D eigenvalue weighted by Crippen LogP contribution is 2.62. The number of hydrogen-bond donors (Lipinski definition) is 3. The van der Waals surface area contributed by atoms with Crippen LogP contribution >= 0.6 is 0 Å².